The van der Waals surface area contributed by atoms with E-state index in [0.717, 1.165) is 16.8 Å². The monoisotopic (exact) mass is 708 g/mol. The fourth-order valence-corrected chi connectivity index (χ4v) is 8.54. The van der Waals surface area contributed by atoms with E-state index in [4.69, 9.17) is 19.2 Å². The molecule has 2 aliphatic carbocycles. The number of ether oxygens (including phenoxy) is 3. The van der Waals surface area contributed by atoms with E-state index in [9.17, 15) is 13.9 Å². The Bertz CT molecular complexity index is 1680. The van der Waals surface area contributed by atoms with Crippen LogP contribution in [0.5, 0.6) is 5.75 Å². The summed E-state index contributed by atoms with van der Waals surface area (Å²) in [5, 5.41) is 11.7. The number of alkyl halides is 3. The number of nitrogens with zero attached hydrogens (tertiary/aromatic N) is 4. The minimum Gasteiger partial charge on any atom is -0.488 e. The van der Waals surface area contributed by atoms with Gasteiger partial charge in [-0.05, 0) is 81.8 Å². The molecule has 0 spiro atoms. The lowest BCUT2D eigenvalue weighted by Gasteiger charge is -2.41. The van der Waals surface area contributed by atoms with Crippen LogP contribution in [0.15, 0.2) is 36.7 Å². The number of fused-ring (bicyclic) bond motifs is 1. The van der Waals surface area contributed by atoms with E-state index in [0.29, 0.717) is 86.1 Å². The number of piperidine rings is 1. The molecule has 1 N–H and O–H groups in total. The lowest BCUT2D eigenvalue weighted by molar-refractivity contribution is -0.141. The summed E-state index contributed by atoms with van der Waals surface area (Å²) < 4.78 is 63.6. The second-order valence-electron chi connectivity index (χ2n) is 16.4. The van der Waals surface area contributed by atoms with Gasteiger partial charge in [-0.3, -0.25) is 4.98 Å². The Hall–Kier alpha value is -3.28. The molecule has 2 saturated heterocycles. The molecule has 1 saturated carbocycles. The van der Waals surface area contributed by atoms with Crippen LogP contribution in [0.1, 0.15) is 136 Å². The number of benzene rings is 1. The van der Waals surface area contributed by atoms with E-state index < -0.39 is 24.0 Å². The van der Waals surface area contributed by atoms with Gasteiger partial charge in [-0.2, -0.15) is 0 Å². The summed E-state index contributed by atoms with van der Waals surface area (Å²) in [6.07, 6.45) is 3.42. The van der Waals surface area contributed by atoms with E-state index >= 15 is 4.39 Å². The van der Waals surface area contributed by atoms with Crippen molar-refractivity contribution in [3.05, 3.63) is 75.9 Å². The minimum atomic E-state index is -2.73. The third kappa shape index (κ3) is 7.90. The highest BCUT2D eigenvalue weighted by molar-refractivity contribution is 5.51. The van der Waals surface area contributed by atoms with Crippen LogP contribution in [0, 0.1) is 12.3 Å². The molecule has 3 aromatic rings. The first-order valence-corrected chi connectivity index (χ1v) is 18.5. The highest BCUT2D eigenvalue weighted by atomic mass is 19.3. The zero-order valence-corrected chi connectivity index (χ0v) is 30.4. The third-order valence-electron chi connectivity index (χ3n) is 11.2. The number of aryl methyl sites for hydroxylation is 1. The summed E-state index contributed by atoms with van der Waals surface area (Å²) in [6, 6.07) is 7.42. The highest BCUT2D eigenvalue weighted by Crippen LogP contribution is 2.52. The molecule has 2 aliphatic heterocycles. The van der Waals surface area contributed by atoms with Crippen molar-refractivity contribution < 1.29 is 32.5 Å². The number of hydrogen-bond donors (Lipinski definition) is 1. The third-order valence-corrected chi connectivity index (χ3v) is 11.2. The fraction of sp³-hybridized carbons (Fsp3) is 0.625. The second-order valence-corrected chi connectivity index (χ2v) is 16.4. The number of aromatic nitrogens is 3. The predicted molar refractivity (Wildman–Crippen MR) is 188 cm³/mol. The van der Waals surface area contributed by atoms with Gasteiger partial charge in [-0.15, -0.1) is 0 Å². The molecule has 0 bridgehead atoms. The number of hydrogen-bond acceptors (Lipinski definition) is 8. The van der Waals surface area contributed by atoms with E-state index in [-0.39, 0.29) is 49.0 Å². The molecule has 1 aromatic carbocycles. The summed E-state index contributed by atoms with van der Waals surface area (Å²) in [7, 11) is 0. The predicted octanol–water partition coefficient (Wildman–Crippen LogP) is 8.45. The summed E-state index contributed by atoms with van der Waals surface area (Å²) in [4.78, 5) is 16.6. The largest absolute Gasteiger partial charge is 0.488 e. The summed E-state index contributed by atoms with van der Waals surface area (Å²) in [5.41, 5.74) is 4.75. The Morgan fingerprint density at radius 2 is 1.63 bits per heavy atom. The molecule has 0 amide bonds. The van der Waals surface area contributed by atoms with Crippen LogP contribution in [0.4, 0.5) is 19.1 Å². The Morgan fingerprint density at radius 1 is 0.961 bits per heavy atom. The molecule has 8 nitrogen and oxygen atoms in total. The van der Waals surface area contributed by atoms with Gasteiger partial charge in [0.05, 0.1) is 30.8 Å². The minimum absolute atomic E-state index is 0.0586. The standard InChI is InChI=1S/C40H51F3N4O4/c1-24-6-8-26(9-7-24)35(41)34-32(25-10-14-40(42,43)15-11-25)33-30(18-38(2,3)19-31(33)48)46-36(34)27-12-16-47(17-13-27)37-44-20-28(21-45-37)49-22-29-23-50-39(4,5)51-29/h6-9,20-21,25,27,29,31,35,48H,10-19,22-23H2,1-5H3. The van der Waals surface area contributed by atoms with Gasteiger partial charge in [0.1, 0.15) is 12.7 Å². The Balaban J connectivity index is 1.18. The van der Waals surface area contributed by atoms with Crippen LogP contribution in [-0.4, -0.2) is 64.2 Å². The quantitative estimate of drug-likeness (QED) is 0.250. The lowest BCUT2D eigenvalue weighted by atomic mass is 9.68. The van der Waals surface area contributed by atoms with E-state index in [1.165, 1.54) is 0 Å². The first-order chi connectivity index (χ1) is 24.2. The number of rotatable bonds is 8. The van der Waals surface area contributed by atoms with Gasteiger partial charge in [-0.25, -0.2) is 23.1 Å². The molecule has 4 heterocycles. The van der Waals surface area contributed by atoms with Crippen molar-refractivity contribution in [2.24, 2.45) is 5.41 Å². The maximum absolute atomic E-state index is 17.3. The van der Waals surface area contributed by atoms with E-state index in [1.54, 1.807) is 12.4 Å². The molecule has 51 heavy (non-hydrogen) atoms. The van der Waals surface area contributed by atoms with Gasteiger partial charge in [0, 0.05) is 48.7 Å². The second kappa shape index (κ2) is 13.9. The van der Waals surface area contributed by atoms with Gasteiger partial charge < -0.3 is 24.2 Å². The summed E-state index contributed by atoms with van der Waals surface area (Å²) in [6.45, 7) is 12.0. The molecule has 3 unspecified atom stereocenters. The van der Waals surface area contributed by atoms with Crippen LogP contribution >= 0.6 is 0 Å². The van der Waals surface area contributed by atoms with Crippen molar-refractivity contribution in [1.82, 2.24) is 15.0 Å². The smallest absolute Gasteiger partial charge is 0.248 e. The number of aliphatic hydroxyl groups is 1. The first-order valence-electron chi connectivity index (χ1n) is 18.5. The molecule has 3 fully saturated rings. The summed E-state index contributed by atoms with van der Waals surface area (Å²) in [5.74, 6) is -2.53. The van der Waals surface area contributed by atoms with Gasteiger partial charge in [-0.1, -0.05) is 43.7 Å². The van der Waals surface area contributed by atoms with Crippen molar-refractivity contribution in [1.29, 1.82) is 0 Å². The fourth-order valence-electron chi connectivity index (χ4n) is 8.54. The van der Waals surface area contributed by atoms with Gasteiger partial charge in [0.15, 0.2) is 17.7 Å². The zero-order valence-electron chi connectivity index (χ0n) is 30.4. The summed E-state index contributed by atoms with van der Waals surface area (Å²) >= 11 is 0. The molecule has 2 aromatic heterocycles. The molecule has 276 valence electrons. The van der Waals surface area contributed by atoms with Gasteiger partial charge in [0.2, 0.25) is 11.9 Å². The average molecular weight is 709 g/mol. The van der Waals surface area contributed by atoms with Crippen molar-refractivity contribution in [2.45, 2.75) is 128 Å². The Morgan fingerprint density at radius 3 is 2.25 bits per heavy atom. The normalized spacial score (nSPS) is 25.4. The van der Waals surface area contributed by atoms with Crippen LogP contribution in [0.25, 0.3) is 0 Å². The lowest BCUT2D eigenvalue weighted by Crippen LogP contribution is -2.36. The zero-order chi connectivity index (χ0) is 36.1. The van der Waals surface area contributed by atoms with Gasteiger partial charge in [0.25, 0.3) is 0 Å². The van der Waals surface area contributed by atoms with Crippen LogP contribution in [0.3, 0.4) is 0 Å². The first kappa shape index (κ1) is 36.1. The molecule has 11 heteroatoms. The van der Waals surface area contributed by atoms with E-state index in [2.05, 4.69) is 28.7 Å². The maximum Gasteiger partial charge on any atom is 0.248 e. The molecule has 0 radical (unpaired) electrons. The molecule has 4 aliphatic rings. The topological polar surface area (TPSA) is 89.8 Å². The molecular formula is C40H51F3N4O4. The van der Waals surface area contributed by atoms with Crippen molar-refractivity contribution >= 4 is 5.95 Å². The number of aliphatic hydroxyl groups excluding tert-OH is 1. The molecule has 7 rings (SSSR count). The Labute approximate surface area is 299 Å². The van der Waals surface area contributed by atoms with Gasteiger partial charge >= 0.3 is 0 Å². The van der Waals surface area contributed by atoms with Crippen molar-refractivity contribution in [2.75, 3.05) is 31.2 Å². The number of anilines is 1. The SMILES string of the molecule is Cc1ccc(C(F)c2c(C3CCN(c4ncc(OCC5COC(C)(C)O5)cn4)CC3)nc3c(c2C2CCC(F)(F)CC2)C(O)CC(C)(C)C3)cc1. The highest BCUT2D eigenvalue weighted by Gasteiger charge is 2.43. The van der Waals surface area contributed by atoms with Crippen molar-refractivity contribution in [3.63, 3.8) is 0 Å². The maximum atomic E-state index is 17.3. The van der Waals surface area contributed by atoms with Crippen LogP contribution in [0.2, 0.25) is 0 Å². The number of halogens is 3. The van der Waals surface area contributed by atoms with Crippen molar-refractivity contribution in [3.8, 4) is 5.75 Å². The molecular weight excluding hydrogens is 657 g/mol. The number of pyridine rings is 1. The van der Waals surface area contributed by atoms with Crippen LogP contribution < -0.4 is 9.64 Å². The van der Waals surface area contributed by atoms with E-state index in [1.807, 2.05) is 45.0 Å². The average Bonchev–Trinajstić information content (AvgIpc) is 3.44. The molecule has 3 atom stereocenters. The Kier molecular flexibility index (Phi) is 9.86. The van der Waals surface area contributed by atoms with Crippen LogP contribution in [-0.2, 0) is 15.9 Å².